The lowest BCUT2D eigenvalue weighted by atomic mass is 9.95. The van der Waals surface area contributed by atoms with Gasteiger partial charge < -0.3 is 15.7 Å². The van der Waals surface area contributed by atoms with Crippen molar-refractivity contribution in [2.24, 2.45) is 11.7 Å². The number of carbonyl (C=O) groups is 1. The standard InChI is InChI=1S/C13H17BrN2O2/c14-11-2-1-10(8-17)12(7-11)16-5-3-9(4-6-16)13(15)18/h1-2,7,9,17H,3-6,8H2,(H2,15,18). The summed E-state index contributed by atoms with van der Waals surface area (Å²) in [5.74, 6) is -0.211. The Morgan fingerprint density at radius 3 is 2.67 bits per heavy atom. The number of anilines is 1. The number of hydrogen-bond acceptors (Lipinski definition) is 3. The molecule has 0 aliphatic carbocycles. The maximum Gasteiger partial charge on any atom is 0.220 e. The Kier molecular flexibility index (Phi) is 4.24. The van der Waals surface area contributed by atoms with Gasteiger partial charge in [-0.3, -0.25) is 4.79 Å². The van der Waals surface area contributed by atoms with Gasteiger partial charge in [-0.05, 0) is 25.0 Å². The van der Waals surface area contributed by atoms with E-state index < -0.39 is 0 Å². The Balaban J connectivity index is 2.14. The van der Waals surface area contributed by atoms with Gasteiger partial charge in [0.15, 0.2) is 0 Å². The van der Waals surface area contributed by atoms with Crippen molar-refractivity contribution in [1.82, 2.24) is 0 Å². The van der Waals surface area contributed by atoms with E-state index in [0.717, 1.165) is 41.7 Å². The minimum Gasteiger partial charge on any atom is -0.392 e. The molecule has 1 heterocycles. The quantitative estimate of drug-likeness (QED) is 0.891. The topological polar surface area (TPSA) is 66.6 Å². The molecule has 3 N–H and O–H groups in total. The highest BCUT2D eigenvalue weighted by Crippen LogP contribution is 2.29. The molecule has 0 spiro atoms. The Hall–Kier alpha value is -1.07. The summed E-state index contributed by atoms with van der Waals surface area (Å²) >= 11 is 3.44. The summed E-state index contributed by atoms with van der Waals surface area (Å²) in [7, 11) is 0. The highest BCUT2D eigenvalue weighted by molar-refractivity contribution is 9.10. The molecular formula is C13H17BrN2O2. The Labute approximate surface area is 115 Å². The van der Waals surface area contributed by atoms with Gasteiger partial charge >= 0.3 is 0 Å². The molecule has 0 aromatic heterocycles. The fourth-order valence-electron chi connectivity index (χ4n) is 2.37. The predicted molar refractivity (Wildman–Crippen MR) is 74.2 cm³/mol. The van der Waals surface area contributed by atoms with E-state index in [1.165, 1.54) is 0 Å². The third-order valence-corrected chi connectivity index (χ3v) is 3.95. The average molecular weight is 313 g/mol. The number of carbonyl (C=O) groups excluding carboxylic acids is 1. The van der Waals surface area contributed by atoms with Gasteiger partial charge in [0, 0.05) is 34.7 Å². The van der Waals surface area contributed by atoms with Crippen LogP contribution in [-0.2, 0) is 11.4 Å². The first-order valence-corrected chi connectivity index (χ1v) is 6.84. The zero-order chi connectivity index (χ0) is 13.1. The van der Waals surface area contributed by atoms with Crippen molar-refractivity contribution >= 4 is 27.5 Å². The van der Waals surface area contributed by atoms with E-state index in [2.05, 4.69) is 20.8 Å². The smallest absolute Gasteiger partial charge is 0.220 e. The Morgan fingerprint density at radius 1 is 1.44 bits per heavy atom. The van der Waals surface area contributed by atoms with Gasteiger partial charge in [-0.1, -0.05) is 22.0 Å². The van der Waals surface area contributed by atoms with Crippen LogP contribution in [0, 0.1) is 5.92 Å². The zero-order valence-electron chi connectivity index (χ0n) is 10.1. The Bertz CT molecular complexity index is 443. The first-order chi connectivity index (χ1) is 8.61. The second kappa shape index (κ2) is 5.71. The molecule has 0 radical (unpaired) electrons. The van der Waals surface area contributed by atoms with Crippen molar-refractivity contribution in [3.05, 3.63) is 28.2 Å². The number of amides is 1. The van der Waals surface area contributed by atoms with Crippen molar-refractivity contribution in [2.45, 2.75) is 19.4 Å². The molecule has 1 aromatic rings. The zero-order valence-corrected chi connectivity index (χ0v) is 11.7. The number of nitrogens with two attached hydrogens (primary N) is 1. The Morgan fingerprint density at radius 2 is 2.11 bits per heavy atom. The lowest BCUT2D eigenvalue weighted by molar-refractivity contribution is -0.122. The van der Waals surface area contributed by atoms with Crippen LogP contribution in [0.1, 0.15) is 18.4 Å². The van der Waals surface area contributed by atoms with Crippen LogP contribution >= 0.6 is 15.9 Å². The lowest BCUT2D eigenvalue weighted by Crippen LogP contribution is -2.38. The molecule has 1 aliphatic heterocycles. The first-order valence-electron chi connectivity index (χ1n) is 6.05. The number of aliphatic hydroxyl groups excluding tert-OH is 1. The highest BCUT2D eigenvalue weighted by atomic mass is 79.9. The maximum atomic E-state index is 11.1. The number of hydrogen-bond donors (Lipinski definition) is 2. The second-order valence-electron chi connectivity index (χ2n) is 4.59. The van der Waals surface area contributed by atoms with Gasteiger partial charge in [-0.25, -0.2) is 0 Å². The van der Waals surface area contributed by atoms with E-state index in [9.17, 15) is 9.90 Å². The molecule has 18 heavy (non-hydrogen) atoms. The van der Waals surface area contributed by atoms with Crippen molar-refractivity contribution in [3.8, 4) is 0 Å². The predicted octanol–water partition coefficient (Wildman–Crippen LogP) is 1.64. The van der Waals surface area contributed by atoms with Crippen molar-refractivity contribution in [1.29, 1.82) is 0 Å². The summed E-state index contributed by atoms with van der Waals surface area (Å²) in [4.78, 5) is 13.3. The van der Waals surface area contributed by atoms with Gasteiger partial charge in [-0.15, -0.1) is 0 Å². The summed E-state index contributed by atoms with van der Waals surface area (Å²) in [6.45, 7) is 1.63. The fraction of sp³-hybridized carbons (Fsp3) is 0.462. The van der Waals surface area contributed by atoms with Crippen LogP contribution in [0.2, 0.25) is 0 Å². The number of primary amides is 1. The van der Waals surface area contributed by atoms with E-state index in [0.29, 0.717) is 0 Å². The summed E-state index contributed by atoms with van der Waals surface area (Å²) in [5.41, 5.74) is 7.28. The molecule has 0 unspecified atom stereocenters. The number of aliphatic hydroxyl groups is 1. The van der Waals surface area contributed by atoms with Crippen LogP contribution < -0.4 is 10.6 Å². The van der Waals surface area contributed by atoms with E-state index >= 15 is 0 Å². The number of rotatable bonds is 3. The summed E-state index contributed by atoms with van der Waals surface area (Å²) in [6, 6.07) is 5.85. The third kappa shape index (κ3) is 2.84. The van der Waals surface area contributed by atoms with E-state index in [1.807, 2.05) is 18.2 Å². The second-order valence-corrected chi connectivity index (χ2v) is 5.51. The normalized spacial score (nSPS) is 16.9. The summed E-state index contributed by atoms with van der Waals surface area (Å²) in [5, 5.41) is 9.36. The van der Waals surface area contributed by atoms with E-state index in [4.69, 9.17) is 5.73 Å². The van der Waals surface area contributed by atoms with Gasteiger partial charge in [0.1, 0.15) is 0 Å². The molecule has 5 heteroatoms. The molecule has 2 rings (SSSR count). The molecule has 1 saturated heterocycles. The molecule has 1 fully saturated rings. The van der Waals surface area contributed by atoms with E-state index in [-0.39, 0.29) is 18.4 Å². The largest absolute Gasteiger partial charge is 0.392 e. The number of piperidine rings is 1. The molecule has 0 saturated carbocycles. The monoisotopic (exact) mass is 312 g/mol. The minimum absolute atomic E-state index is 0.00835. The third-order valence-electron chi connectivity index (χ3n) is 3.46. The molecule has 0 atom stereocenters. The molecule has 1 aliphatic rings. The van der Waals surface area contributed by atoms with Crippen LogP contribution in [0.25, 0.3) is 0 Å². The molecule has 98 valence electrons. The molecule has 0 bridgehead atoms. The average Bonchev–Trinajstić information content (AvgIpc) is 2.39. The van der Waals surface area contributed by atoms with Crippen LogP contribution in [0.4, 0.5) is 5.69 Å². The fourth-order valence-corrected chi connectivity index (χ4v) is 2.72. The van der Waals surface area contributed by atoms with E-state index in [1.54, 1.807) is 0 Å². The molecule has 4 nitrogen and oxygen atoms in total. The van der Waals surface area contributed by atoms with Gasteiger partial charge in [0.2, 0.25) is 5.91 Å². The SMILES string of the molecule is NC(=O)C1CCN(c2cc(Br)ccc2CO)CC1. The van der Waals surface area contributed by atoms with Crippen LogP contribution in [0.15, 0.2) is 22.7 Å². The van der Waals surface area contributed by atoms with Crippen LogP contribution in [0.3, 0.4) is 0 Å². The first kappa shape index (κ1) is 13.4. The molecule has 1 aromatic carbocycles. The van der Waals surface area contributed by atoms with Gasteiger partial charge in [0.05, 0.1) is 6.61 Å². The van der Waals surface area contributed by atoms with Gasteiger partial charge in [-0.2, -0.15) is 0 Å². The summed E-state index contributed by atoms with van der Waals surface area (Å²) < 4.78 is 0.992. The van der Waals surface area contributed by atoms with Crippen LogP contribution in [-0.4, -0.2) is 24.1 Å². The maximum absolute atomic E-state index is 11.1. The van der Waals surface area contributed by atoms with Crippen molar-refractivity contribution in [2.75, 3.05) is 18.0 Å². The molecular weight excluding hydrogens is 296 g/mol. The molecule has 1 amide bonds. The number of nitrogens with zero attached hydrogens (tertiary/aromatic N) is 1. The number of benzene rings is 1. The highest BCUT2D eigenvalue weighted by Gasteiger charge is 2.24. The minimum atomic E-state index is -0.203. The van der Waals surface area contributed by atoms with Crippen LogP contribution in [0.5, 0.6) is 0 Å². The lowest BCUT2D eigenvalue weighted by Gasteiger charge is -2.33. The summed E-state index contributed by atoms with van der Waals surface area (Å²) in [6.07, 6.45) is 1.57. The van der Waals surface area contributed by atoms with Gasteiger partial charge in [0.25, 0.3) is 0 Å². The van der Waals surface area contributed by atoms with Crippen molar-refractivity contribution < 1.29 is 9.90 Å². The van der Waals surface area contributed by atoms with Crippen molar-refractivity contribution in [3.63, 3.8) is 0 Å². The number of halogens is 1.